The minimum atomic E-state index is 0.127. The number of phenolic OH excluding ortho intramolecular Hbond substituents is 1. The summed E-state index contributed by atoms with van der Waals surface area (Å²) in [6, 6.07) is 12.8. The molecule has 0 saturated heterocycles. The number of ether oxygens (including phenoxy) is 2. The van der Waals surface area contributed by atoms with Crippen molar-refractivity contribution < 1.29 is 14.6 Å². The van der Waals surface area contributed by atoms with Gasteiger partial charge in [0.25, 0.3) is 0 Å². The van der Waals surface area contributed by atoms with Crippen molar-refractivity contribution in [1.29, 1.82) is 0 Å². The molecule has 0 aliphatic heterocycles. The molecule has 0 amide bonds. The van der Waals surface area contributed by atoms with E-state index >= 15 is 0 Å². The van der Waals surface area contributed by atoms with E-state index in [4.69, 9.17) is 9.47 Å². The van der Waals surface area contributed by atoms with Gasteiger partial charge in [0.1, 0.15) is 12.4 Å². The first kappa shape index (κ1) is 12.8. The smallest absolute Gasteiger partial charge is 0.160 e. The summed E-state index contributed by atoms with van der Waals surface area (Å²) >= 11 is 3.42. The van der Waals surface area contributed by atoms with Crippen molar-refractivity contribution >= 4 is 15.9 Å². The molecule has 0 aromatic heterocycles. The fraction of sp³-hybridized carbons (Fsp3) is 0.143. The number of hydrogen-bond donors (Lipinski definition) is 1. The second kappa shape index (κ2) is 5.78. The molecule has 0 atom stereocenters. The van der Waals surface area contributed by atoms with Gasteiger partial charge in [-0.15, -0.1) is 0 Å². The number of rotatable bonds is 4. The zero-order valence-corrected chi connectivity index (χ0v) is 11.5. The Hall–Kier alpha value is -1.68. The molecule has 2 aromatic rings. The maximum absolute atomic E-state index is 9.49. The molecular weight excluding hydrogens is 296 g/mol. The molecule has 4 heteroatoms. The van der Waals surface area contributed by atoms with Gasteiger partial charge in [0.2, 0.25) is 0 Å². The van der Waals surface area contributed by atoms with E-state index in [0.717, 1.165) is 15.8 Å². The van der Waals surface area contributed by atoms with Crippen LogP contribution in [0.25, 0.3) is 0 Å². The summed E-state index contributed by atoms with van der Waals surface area (Å²) in [5, 5.41) is 9.49. The van der Waals surface area contributed by atoms with Crippen molar-refractivity contribution in [2.45, 2.75) is 6.61 Å². The van der Waals surface area contributed by atoms with Crippen LogP contribution in [0.15, 0.2) is 46.9 Å². The van der Waals surface area contributed by atoms with E-state index in [1.54, 1.807) is 18.2 Å². The van der Waals surface area contributed by atoms with E-state index in [0.29, 0.717) is 12.4 Å². The van der Waals surface area contributed by atoms with Crippen molar-refractivity contribution in [3.05, 3.63) is 52.5 Å². The van der Waals surface area contributed by atoms with Gasteiger partial charge in [-0.2, -0.15) is 0 Å². The quantitative estimate of drug-likeness (QED) is 0.935. The van der Waals surface area contributed by atoms with Crippen molar-refractivity contribution in [3.63, 3.8) is 0 Å². The molecule has 0 spiro atoms. The largest absolute Gasteiger partial charge is 0.504 e. The zero-order chi connectivity index (χ0) is 13.0. The molecule has 0 bridgehead atoms. The average molecular weight is 309 g/mol. The van der Waals surface area contributed by atoms with Gasteiger partial charge in [0.15, 0.2) is 11.5 Å². The SMILES string of the molecule is COc1cc(COc2ccccc2Br)ccc1O. The predicted molar refractivity (Wildman–Crippen MR) is 73.1 cm³/mol. The number of benzene rings is 2. The van der Waals surface area contributed by atoms with E-state index in [1.807, 2.05) is 24.3 Å². The topological polar surface area (TPSA) is 38.7 Å². The normalized spacial score (nSPS) is 10.1. The minimum absolute atomic E-state index is 0.127. The standard InChI is InChI=1S/C14H13BrO3/c1-17-14-8-10(6-7-12(14)16)9-18-13-5-3-2-4-11(13)15/h2-8,16H,9H2,1H3. The van der Waals surface area contributed by atoms with E-state index in [1.165, 1.54) is 7.11 Å². The van der Waals surface area contributed by atoms with Gasteiger partial charge in [0, 0.05) is 0 Å². The van der Waals surface area contributed by atoms with Crippen LogP contribution in [0.2, 0.25) is 0 Å². The lowest BCUT2D eigenvalue weighted by Gasteiger charge is -2.09. The van der Waals surface area contributed by atoms with Crippen LogP contribution in [-0.4, -0.2) is 12.2 Å². The Balaban J connectivity index is 2.09. The van der Waals surface area contributed by atoms with Crippen molar-refractivity contribution in [2.75, 3.05) is 7.11 Å². The molecule has 0 unspecified atom stereocenters. The highest BCUT2D eigenvalue weighted by molar-refractivity contribution is 9.10. The summed E-state index contributed by atoms with van der Waals surface area (Å²) in [6.07, 6.45) is 0. The lowest BCUT2D eigenvalue weighted by Crippen LogP contribution is -1.96. The summed E-state index contributed by atoms with van der Waals surface area (Å²) in [7, 11) is 1.52. The minimum Gasteiger partial charge on any atom is -0.504 e. The van der Waals surface area contributed by atoms with Crippen LogP contribution in [0.1, 0.15) is 5.56 Å². The molecule has 0 aliphatic rings. The molecule has 18 heavy (non-hydrogen) atoms. The first-order valence-electron chi connectivity index (χ1n) is 5.44. The van der Waals surface area contributed by atoms with E-state index in [-0.39, 0.29) is 5.75 Å². The molecule has 0 fully saturated rings. The predicted octanol–water partition coefficient (Wildman–Crippen LogP) is 3.74. The van der Waals surface area contributed by atoms with Gasteiger partial charge in [-0.25, -0.2) is 0 Å². The summed E-state index contributed by atoms with van der Waals surface area (Å²) in [5.41, 5.74) is 0.931. The van der Waals surface area contributed by atoms with Crippen molar-refractivity contribution in [2.24, 2.45) is 0 Å². The number of hydrogen-bond acceptors (Lipinski definition) is 3. The first-order chi connectivity index (χ1) is 8.70. The lowest BCUT2D eigenvalue weighted by molar-refractivity contribution is 0.302. The Morgan fingerprint density at radius 1 is 1.11 bits per heavy atom. The molecule has 94 valence electrons. The van der Waals surface area contributed by atoms with Crippen LogP contribution in [0.5, 0.6) is 17.2 Å². The molecule has 2 rings (SSSR count). The number of aromatic hydroxyl groups is 1. The fourth-order valence-corrected chi connectivity index (χ4v) is 1.93. The Morgan fingerprint density at radius 3 is 2.61 bits per heavy atom. The monoisotopic (exact) mass is 308 g/mol. The Kier molecular flexibility index (Phi) is 4.10. The van der Waals surface area contributed by atoms with Gasteiger partial charge in [-0.1, -0.05) is 18.2 Å². The van der Waals surface area contributed by atoms with Gasteiger partial charge in [-0.05, 0) is 45.8 Å². The van der Waals surface area contributed by atoms with Gasteiger partial charge < -0.3 is 14.6 Å². The molecule has 1 N–H and O–H groups in total. The maximum atomic E-state index is 9.49. The Labute approximate surface area is 114 Å². The molecule has 0 radical (unpaired) electrons. The molecule has 2 aromatic carbocycles. The van der Waals surface area contributed by atoms with Crippen LogP contribution in [0.4, 0.5) is 0 Å². The second-order valence-corrected chi connectivity index (χ2v) is 4.58. The molecule has 0 aliphatic carbocycles. The summed E-state index contributed by atoms with van der Waals surface area (Å²) in [5.74, 6) is 1.36. The van der Waals surface area contributed by atoms with Gasteiger partial charge in [-0.3, -0.25) is 0 Å². The highest BCUT2D eigenvalue weighted by atomic mass is 79.9. The lowest BCUT2D eigenvalue weighted by atomic mass is 10.2. The highest BCUT2D eigenvalue weighted by Crippen LogP contribution is 2.28. The van der Waals surface area contributed by atoms with Gasteiger partial charge >= 0.3 is 0 Å². The summed E-state index contributed by atoms with van der Waals surface area (Å²) in [6.45, 7) is 0.416. The first-order valence-corrected chi connectivity index (χ1v) is 6.23. The fourth-order valence-electron chi connectivity index (χ4n) is 1.53. The highest BCUT2D eigenvalue weighted by Gasteiger charge is 2.04. The molecule has 3 nitrogen and oxygen atoms in total. The second-order valence-electron chi connectivity index (χ2n) is 3.73. The van der Waals surface area contributed by atoms with Crippen LogP contribution >= 0.6 is 15.9 Å². The van der Waals surface area contributed by atoms with Crippen molar-refractivity contribution in [1.82, 2.24) is 0 Å². The zero-order valence-electron chi connectivity index (χ0n) is 9.89. The molecule has 0 heterocycles. The summed E-state index contributed by atoms with van der Waals surface area (Å²) in [4.78, 5) is 0. The van der Waals surface area contributed by atoms with Gasteiger partial charge in [0.05, 0.1) is 11.6 Å². The van der Waals surface area contributed by atoms with Crippen LogP contribution in [-0.2, 0) is 6.61 Å². The van der Waals surface area contributed by atoms with Crippen LogP contribution in [0.3, 0.4) is 0 Å². The Bertz CT molecular complexity index is 540. The van der Waals surface area contributed by atoms with Crippen LogP contribution < -0.4 is 9.47 Å². The van der Waals surface area contributed by atoms with Crippen molar-refractivity contribution in [3.8, 4) is 17.2 Å². The Morgan fingerprint density at radius 2 is 1.89 bits per heavy atom. The molecular formula is C14H13BrO3. The molecule has 0 saturated carbocycles. The van der Waals surface area contributed by atoms with E-state index < -0.39 is 0 Å². The number of halogens is 1. The van der Waals surface area contributed by atoms with E-state index in [2.05, 4.69) is 15.9 Å². The number of phenols is 1. The third-order valence-electron chi connectivity index (χ3n) is 2.48. The number of methoxy groups -OCH3 is 1. The van der Waals surface area contributed by atoms with Crippen LogP contribution in [0, 0.1) is 0 Å². The maximum Gasteiger partial charge on any atom is 0.160 e. The summed E-state index contributed by atoms with van der Waals surface area (Å²) < 4.78 is 11.6. The van der Waals surface area contributed by atoms with E-state index in [9.17, 15) is 5.11 Å². The number of para-hydroxylation sites is 1. The third kappa shape index (κ3) is 2.96. The average Bonchev–Trinajstić information content (AvgIpc) is 2.39. The third-order valence-corrected chi connectivity index (χ3v) is 3.13.